The number of hydrogen-bond acceptors (Lipinski definition) is 3. The van der Waals surface area contributed by atoms with E-state index in [0.717, 1.165) is 37.2 Å². The van der Waals surface area contributed by atoms with E-state index in [4.69, 9.17) is 5.73 Å². The first-order valence-corrected chi connectivity index (χ1v) is 7.52. The molecular weight excluding hydrogens is 262 g/mol. The summed E-state index contributed by atoms with van der Waals surface area (Å²) in [6.07, 6.45) is 4.98. The zero-order valence-corrected chi connectivity index (χ0v) is 12.3. The van der Waals surface area contributed by atoms with Crippen LogP contribution in [0.25, 0.3) is 0 Å². The van der Waals surface area contributed by atoms with Crippen molar-refractivity contribution in [2.75, 3.05) is 11.1 Å². The van der Waals surface area contributed by atoms with Crippen LogP contribution in [0, 0.1) is 0 Å². The number of nitrogens with one attached hydrogen (secondary N) is 1. The summed E-state index contributed by atoms with van der Waals surface area (Å²) in [5.74, 6) is 0. The molecule has 1 unspecified atom stereocenters. The van der Waals surface area contributed by atoms with Crippen LogP contribution in [-0.4, -0.2) is 4.57 Å². The maximum Gasteiger partial charge on any atom is 0.250 e. The van der Waals surface area contributed by atoms with Crippen LogP contribution in [0.15, 0.2) is 41.3 Å². The molecule has 0 saturated carbocycles. The van der Waals surface area contributed by atoms with Gasteiger partial charge in [-0.25, -0.2) is 0 Å². The minimum atomic E-state index is 0.0574. The van der Waals surface area contributed by atoms with Gasteiger partial charge in [0.25, 0.3) is 5.56 Å². The maximum atomic E-state index is 11.8. The van der Waals surface area contributed by atoms with Crippen molar-refractivity contribution >= 4 is 11.4 Å². The number of anilines is 2. The first kappa shape index (κ1) is 13.7. The Labute approximate surface area is 124 Å². The largest absolute Gasteiger partial charge is 0.399 e. The number of aromatic nitrogens is 1. The van der Waals surface area contributed by atoms with Crippen molar-refractivity contribution in [3.8, 4) is 0 Å². The molecule has 0 saturated heterocycles. The highest BCUT2D eigenvalue weighted by Crippen LogP contribution is 2.34. The average molecular weight is 283 g/mol. The molecule has 2 aromatic rings. The summed E-state index contributed by atoms with van der Waals surface area (Å²) in [7, 11) is 0. The number of nitrogens with zero attached hydrogens (tertiary/aromatic N) is 1. The normalized spacial score (nSPS) is 16.7. The molecule has 110 valence electrons. The number of hydrogen-bond donors (Lipinski definition) is 2. The van der Waals surface area contributed by atoms with Gasteiger partial charge in [-0.1, -0.05) is 13.0 Å². The van der Waals surface area contributed by atoms with Gasteiger partial charge in [-0.2, -0.15) is 0 Å². The molecule has 3 rings (SSSR count). The number of fused-ring (bicyclic) bond motifs is 1. The fourth-order valence-corrected chi connectivity index (χ4v) is 3.02. The van der Waals surface area contributed by atoms with Crippen LogP contribution in [0.1, 0.15) is 36.9 Å². The topological polar surface area (TPSA) is 60.1 Å². The van der Waals surface area contributed by atoms with Crippen LogP contribution in [0.4, 0.5) is 11.4 Å². The van der Waals surface area contributed by atoms with Gasteiger partial charge < -0.3 is 15.6 Å². The van der Waals surface area contributed by atoms with Gasteiger partial charge >= 0.3 is 0 Å². The van der Waals surface area contributed by atoms with Crippen molar-refractivity contribution in [2.24, 2.45) is 0 Å². The van der Waals surface area contributed by atoms with Gasteiger partial charge in [0.15, 0.2) is 0 Å². The number of aryl methyl sites for hydroxylation is 2. The van der Waals surface area contributed by atoms with E-state index < -0.39 is 0 Å². The summed E-state index contributed by atoms with van der Waals surface area (Å²) < 4.78 is 1.77. The van der Waals surface area contributed by atoms with Gasteiger partial charge in [-0.05, 0) is 48.6 Å². The molecule has 3 N–H and O–H groups in total. The molecule has 1 aromatic heterocycles. The van der Waals surface area contributed by atoms with E-state index in [1.165, 1.54) is 11.1 Å². The van der Waals surface area contributed by atoms with E-state index in [2.05, 4.69) is 24.4 Å². The predicted octanol–water partition coefficient (Wildman–Crippen LogP) is 2.94. The number of nitrogens with two attached hydrogens (primary N) is 1. The van der Waals surface area contributed by atoms with Crippen molar-refractivity contribution in [3.63, 3.8) is 0 Å². The molecule has 0 aliphatic heterocycles. The summed E-state index contributed by atoms with van der Waals surface area (Å²) >= 11 is 0. The van der Waals surface area contributed by atoms with E-state index >= 15 is 0 Å². The van der Waals surface area contributed by atoms with Crippen LogP contribution in [0.5, 0.6) is 0 Å². The second-order valence-corrected chi connectivity index (χ2v) is 5.64. The summed E-state index contributed by atoms with van der Waals surface area (Å²) in [4.78, 5) is 11.8. The van der Waals surface area contributed by atoms with Crippen LogP contribution in [0.2, 0.25) is 0 Å². The summed E-state index contributed by atoms with van der Waals surface area (Å²) in [5, 5.41) is 3.54. The Morgan fingerprint density at radius 1 is 1.33 bits per heavy atom. The molecule has 21 heavy (non-hydrogen) atoms. The molecule has 1 heterocycles. The van der Waals surface area contributed by atoms with Gasteiger partial charge in [0.2, 0.25) is 0 Å². The van der Waals surface area contributed by atoms with E-state index in [1.807, 2.05) is 18.3 Å². The molecule has 0 spiro atoms. The molecule has 1 aromatic carbocycles. The molecule has 0 radical (unpaired) electrons. The first-order chi connectivity index (χ1) is 10.2. The molecule has 1 atom stereocenters. The standard InChI is InChI=1S/C17H21N3O/c1-2-9-20-11-14(5-8-17(20)21)19-16-7-3-12-10-13(18)4-6-15(12)16/h4-6,8,10-11,16,19H,2-3,7,9,18H2,1H3. The molecule has 0 fully saturated rings. The quantitative estimate of drug-likeness (QED) is 0.848. The smallest absolute Gasteiger partial charge is 0.250 e. The Balaban J connectivity index is 1.83. The molecule has 1 aliphatic rings. The zero-order chi connectivity index (χ0) is 14.8. The maximum absolute atomic E-state index is 11.8. The van der Waals surface area contributed by atoms with Crippen LogP contribution >= 0.6 is 0 Å². The van der Waals surface area contributed by atoms with Crippen molar-refractivity contribution in [1.82, 2.24) is 4.57 Å². The summed E-state index contributed by atoms with van der Waals surface area (Å²) in [6.45, 7) is 2.83. The first-order valence-electron chi connectivity index (χ1n) is 7.52. The van der Waals surface area contributed by atoms with Gasteiger partial charge in [0.05, 0.1) is 11.7 Å². The number of pyridine rings is 1. The zero-order valence-electron chi connectivity index (χ0n) is 12.3. The van der Waals surface area contributed by atoms with E-state index in [-0.39, 0.29) is 5.56 Å². The van der Waals surface area contributed by atoms with Gasteiger partial charge in [0, 0.05) is 24.5 Å². The number of rotatable bonds is 4. The fraction of sp³-hybridized carbons (Fsp3) is 0.353. The predicted molar refractivity (Wildman–Crippen MR) is 86.5 cm³/mol. The third kappa shape index (κ3) is 2.79. The highest BCUT2D eigenvalue weighted by Gasteiger charge is 2.22. The summed E-state index contributed by atoms with van der Waals surface area (Å²) in [5.41, 5.74) is 10.4. The Bertz CT molecular complexity index is 705. The van der Waals surface area contributed by atoms with Crippen LogP contribution in [-0.2, 0) is 13.0 Å². The molecule has 4 nitrogen and oxygen atoms in total. The van der Waals surface area contributed by atoms with Gasteiger partial charge in [0.1, 0.15) is 0 Å². The highest BCUT2D eigenvalue weighted by molar-refractivity contribution is 5.51. The minimum Gasteiger partial charge on any atom is -0.399 e. The molecule has 1 aliphatic carbocycles. The van der Waals surface area contributed by atoms with E-state index in [0.29, 0.717) is 6.04 Å². The SMILES string of the molecule is CCCn1cc(NC2CCc3cc(N)ccc32)ccc1=O. The van der Waals surface area contributed by atoms with Crippen molar-refractivity contribution < 1.29 is 0 Å². The number of benzene rings is 1. The third-order valence-corrected chi connectivity index (χ3v) is 4.03. The Hall–Kier alpha value is -2.23. The van der Waals surface area contributed by atoms with Crippen molar-refractivity contribution in [1.29, 1.82) is 0 Å². The Morgan fingerprint density at radius 2 is 2.19 bits per heavy atom. The highest BCUT2D eigenvalue weighted by atomic mass is 16.1. The second-order valence-electron chi connectivity index (χ2n) is 5.64. The lowest BCUT2D eigenvalue weighted by molar-refractivity contribution is 0.653. The van der Waals surface area contributed by atoms with Crippen LogP contribution in [0.3, 0.4) is 0 Å². The van der Waals surface area contributed by atoms with Crippen molar-refractivity contribution in [2.45, 2.75) is 38.8 Å². The fourth-order valence-electron chi connectivity index (χ4n) is 3.02. The summed E-state index contributed by atoms with van der Waals surface area (Å²) in [6, 6.07) is 9.93. The van der Waals surface area contributed by atoms with Crippen LogP contribution < -0.4 is 16.6 Å². The molecule has 0 bridgehead atoms. The second kappa shape index (κ2) is 5.64. The minimum absolute atomic E-state index is 0.0574. The lowest BCUT2D eigenvalue weighted by atomic mass is 10.1. The van der Waals surface area contributed by atoms with E-state index in [1.54, 1.807) is 10.6 Å². The lowest BCUT2D eigenvalue weighted by Crippen LogP contribution is -2.19. The Kier molecular flexibility index (Phi) is 3.69. The average Bonchev–Trinajstić information content (AvgIpc) is 2.85. The van der Waals surface area contributed by atoms with E-state index in [9.17, 15) is 4.79 Å². The molecule has 0 amide bonds. The third-order valence-electron chi connectivity index (χ3n) is 4.03. The molecular formula is C17H21N3O. The Morgan fingerprint density at radius 3 is 3.00 bits per heavy atom. The lowest BCUT2D eigenvalue weighted by Gasteiger charge is -2.16. The monoisotopic (exact) mass is 283 g/mol. The van der Waals surface area contributed by atoms with Gasteiger partial charge in [-0.3, -0.25) is 4.79 Å². The number of nitrogen functional groups attached to an aromatic ring is 1. The van der Waals surface area contributed by atoms with Gasteiger partial charge in [-0.15, -0.1) is 0 Å². The molecule has 4 heteroatoms. The van der Waals surface area contributed by atoms with Crippen molar-refractivity contribution in [3.05, 3.63) is 58.0 Å².